The number of hydrogen-bond acceptors (Lipinski definition) is 2. The van der Waals surface area contributed by atoms with Gasteiger partial charge in [-0.3, -0.25) is 4.79 Å². The summed E-state index contributed by atoms with van der Waals surface area (Å²) < 4.78 is 0. The molecule has 0 aromatic heterocycles. The van der Waals surface area contributed by atoms with E-state index >= 15 is 0 Å². The van der Waals surface area contributed by atoms with Crippen LogP contribution in [0.4, 0.5) is 11.4 Å². The quantitative estimate of drug-likeness (QED) is 0.809. The highest BCUT2D eigenvalue weighted by Crippen LogP contribution is 2.17. The molecule has 1 radical (unpaired) electrons. The number of anilines is 2. The summed E-state index contributed by atoms with van der Waals surface area (Å²) in [5, 5.41) is 2.78. The molecule has 2 aromatic carbocycles. The zero-order valence-corrected chi connectivity index (χ0v) is 10.0. The van der Waals surface area contributed by atoms with Crippen LogP contribution in [0.15, 0.2) is 48.5 Å². The molecular formula is C15H15N2O. The van der Waals surface area contributed by atoms with E-state index in [0.717, 1.165) is 5.56 Å². The Hall–Kier alpha value is -2.29. The van der Waals surface area contributed by atoms with Gasteiger partial charge in [0.2, 0.25) is 0 Å². The Balaban J connectivity index is 2.14. The first-order valence-electron chi connectivity index (χ1n) is 5.75. The van der Waals surface area contributed by atoms with Gasteiger partial charge >= 0.3 is 0 Å². The number of hydrogen-bond donors (Lipinski definition) is 2. The minimum Gasteiger partial charge on any atom is -0.397 e. The third kappa shape index (κ3) is 2.69. The molecule has 3 N–H and O–H groups in total. The van der Waals surface area contributed by atoms with Crippen molar-refractivity contribution in [2.75, 3.05) is 11.1 Å². The molecule has 2 rings (SSSR count). The maximum Gasteiger partial charge on any atom is 0.255 e. The highest BCUT2D eigenvalue weighted by molar-refractivity contribution is 6.05. The lowest BCUT2D eigenvalue weighted by molar-refractivity contribution is 0.102. The van der Waals surface area contributed by atoms with Crippen LogP contribution in [0.2, 0.25) is 0 Å². The molecule has 3 nitrogen and oxygen atoms in total. The largest absolute Gasteiger partial charge is 0.397 e. The second kappa shape index (κ2) is 5.36. The zero-order valence-electron chi connectivity index (χ0n) is 10.0. The summed E-state index contributed by atoms with van der Waals surface area (Å²) in [6.45, 7) is 3.79. The van der Waals surface area contributed by atoms with Crippen LogP contribution in [-0.4, -0.2) is 5.91 Å². The van der Waals surface area contributed by atoms with Gasteiger partial charge in [-0.15, -0.1) is 0 Å². The minimum atomic E-state index is -0.163. The summed E-state index contributed by atoms with van der Waals surface area (Å²) in [6.07, 6.45) is 0.716. The van der Waals surface area contributed by atoms with Gasteiger partial charge in [0, 0.05) is 5.56 Å². The lowest BCUT2D eigenvalue weighted by Gasteiger charge is -2.08. The Labute approximate surface area is 107 Å². The molecule has 0 aliphatic carbocycles. The average Bonchev–Trinajstić information content (AvgIpc) is 2.41. The molecule has 0 saturated carbocycles. The van der Waals surface area contributed by atoms with Gasteiger partial charge in [0.15, 0.2) is 0 Å². The van der Waals surface area contributed by atoms with Gasteiger partial charge < -0.3 is 11.1 Å². The Bertz CT molecular complexity index is 547. The second-order valence-electron chi connectivity index (χ2n) is 3.99. The standard InChI is InChI=1S/C15H15N2O/c1-2-11-7-9-12(10-8-11)15(18)17-14-6-4-3-5-13(14)16/h3-10H,1-2,16H2,(H,17,18). The Morgan fingerprint density at radius 1 is 1.11 bits per heavy atom. The van der Waals surface area contributed by atoms with Crippen LogP contribution < -0.4 is 11.1 Å². The van der Waals surface area contributed by atoms with Crippen LogP contribution in [-0.2, 0) is 6.42 Å². The molecule has 0 atom stereocenters. The van der Waals surface area contributed by atoms with Crippen molar-refractivity contribution in [2.24, 2.45) is 0 Å². The second-order valence-corrected chi connectivity index (χ2v) is 3.99. The third-order valence-electron chi connectivity index (χ3n) is 2.71. The van der Waals surface area contributed by atoms with Gasteiger partial charge in [-0.1, -0.05) is 24.3 Å². The molecule has 3 heteroatoms. The van der Waals surface area contributed by atoms with E-state index in [-0.39, 0.29) is 5.91 Å². The Morgan fingerprint density at radius 2 is 1.78 bits per heavy atom. The summed E-state index contributed by atoms with van der Waals surface area (Å²) in [5.74, 6) is -0.163. The monoisotopic (exact) mass is 239 g/mol. The smallest absolute Gasteiger partial charge is 0.255 e. The number of nitrogens with two attached hydrogens (primary N) is 1. The number of nitrogen functional groups attached to an aromatic ring is 1. The SMILES string of the molecule is [CH2]Cc1ccc(C(=O)Nc2ccccc2N)cc1. The fourth-order valence-corrected chi connectivity index (χ4v) is 1.63. The first kappa shape index (κ1) is 12.2. The molecule has 91 valence electrons. The molecule has 18 heavy (non-hydrogen) atoms. The molecule has 1 amide bonds. The molecule has 0 heterocycles. The van der Waals surface area contributed by atoms with E-state index in [1.54, 1.807) is 24.3 Å². The fraction of sp³-hybridized carbons (Fsp3) is 0.0667. The Kier molecular flexibility index (Phi) is 3.63. The van der Waals surface area contributed by atoms with Crippen molar-refractivity contribution in [1.82, 2.24) is 0 Å². The van der Waals surface area contributed by atoms with Crippen molar-refractivity contribution in [3.63, 3.8) is 0 Å². The predicted molar refractivity (Wildman–Crippen MR) is 74.3 cm³/mol. The highest BCUT2D eigenvalue weighted by atomic mass is 16.1. The third-order valence-corrected chi connectivity index (χ3v) is 2.71. The number of para-hydroxylation sites is 2. The number of rotatable bonds is 3. The molecule has 0 aliphatic heterocycles. The molecule has 0 bridgehead atoms. The number of carbonyl (C=O) groups is 1. The van der Waals surface area contributed by atoms with Crippen molar-refractivity contribution < 1.29 is 4.79 Å². The van der Waals surface area contributed by atoms with E-state index in [1.165, 1.54) is 0 Å². The van der Waals surface area contributed by atoms with Crippen LogP contribution in [0.3, 0.4) is 0 Å². The summed E-state index contributed by atoms with van der Waals surface area (Å²) in [5.41, 5.74) is 8.66. The molecular weight excluding hydrogens is 224 g/mol. The van der Waals surface area contributed by atoms with Gasteiger partial charge in [0.05, 0.1) is 11.4 Å². The molecule has 0 fully saturated rings. The zero-order chi connectivity index (χ0) is 13.0. The van der Waals surface area contributed by atoms with Crippen LogP contribution in [0, 0.1) is 6.92 Å². The predicted octanol–water partition coefficient (Wildman–Crippen LogP) is 2.90. The molecule has 0 spiro atoms. The van der Waals surface area contributed by atoms with Crippen molar-refractivity contribution in [3.05, 3.63) is 66.6 Å². The highest BCUT2D eigenvalue weighted by Gasteiger charge is 2.07. The Morgan fingerprint density at radius 3 is 2.39 bits per heavy atom. The molecule has 0 unspecified atom stereocenters. The first-order chi connectivity index (χ1) is 8.70. The van der Waals surface area contributed by atoms with Gasteiger partial charge in [0.25, 0.3) is 5.91 Å². The van der Waals surface area contributed by atoms with Crippen LogP contribution in [0.25, 0.3) is 0 Å². The minimum absolute atomic E-state index is 0.163. The van der Waals surface area contributed by atoms with Gasteiger partial charge in [0.1, 0.15) is 0 Å². The first-order valence-corrected chi connectivity index (χ1v) is 5.75. The maximum atomic E-state index is 12.0. The van der Waals surface area contributed by atoms with E-state index in [2.05, 4.69) is 12.2 Å². The number of amides is 1. The average molecular weight is 239 g/mol. The van der Waals surface area contributed by atoms with E-state index in [9.17, 15) is 4.79 Å². The van der Waals surface area contributed by atoms with Crippen molar-refractivity contribution in [2.45, 2.75) is 6.42 Å². The number of benzene rings is 2. The van der Waals surface area contributed by atoms with Gasteiger partial charge in [-0.05, 0) is 43.2 Å². The van der Waals surface area contributed by atoms with Crippen LogP contribution in [0.5, 0.6) is 0 Å². The molecule has 0 aliphatic rings. The van der Waals surface area contributed by atoms with Crippen molar-refractivity contribution >= 4 is 17.3 Å². The number of nitrogens with one attached hydrogen (secondary N) is 1. The van der Waals surface area contributed by atoms with Crippen LogP contribution in [0.1, 0.15) is 15.9 Å². The molecule has 2 aromatic rings. The summed E-state index contributed by atoms with van der Waals surface area (Å²) in [6, 6.07) is 14.6. The van der Waals surface area contributed by atoms with E-state index in [1.807, 2.05) is 24.3 Å². The van der Waals surface area contributed by atoms with E-state index < -0.39 is 0 Å². The fourth-order valence-electron chi connectivity index (χ4n) is 1.63. The molecule has 0 saturated heterocycles. The van der Waals surface area contributed by atoms with Gasteiger partial charge in [-0.25, -0.2) is 0 Å². The van der Waals surface area contributed by atoms with E-state index in [4.69, 9.17) is 5.73 Å². The summed E-state index contributed by atoms with van der Waals surface area (Å²) in [4.78, 5) is 12.0. The summed E-state index contributed by atoms with van der Waals surface area (Å²) >= 11 is 0. The normalized spacial score (nSPS) is 10.1. The van der Waals surface area contributed by atoms with Gasteiger partial charge in [-0.2, -0.15) is 0 Å². The van der Waals surface area contributed by atoms with Crippen molar-refractivity contribution in [1.29, 1.82) is 0 Å². The maximum absolute atomic E-state index is 12.0. The summed E-state index contributed by atoms with van der Waals surface area (Å²) in [7, 11) is 0. The number of carbonyl (C=O) groups excluding carboxylic acids is 1. The van der Waals surface area contributed by atoms with Crippen molar-refractivity contribution in [3.8, 4) is 0 Å². The topological polar surface area (TPSA) is 55.1 Å². The van der Waals surface area contributed by atoms with E-state index in [0.29, 0.717) is 23.4 Å². The lowest BCUT2D eigenvalue weighted by atomic mass is 10.1. The lowest BCUT2D eigenvalue weighted by Crippen LogP contribution is -2.13. The van der Waals surface area contributed by atoms with Crippen LogP contribution >= 0.6 is 0 Å².